The molecule has 0 aliphatic heterocycles. The summed E-state index contributed by atoms with van der Waals surface area (Å²) in [4.78, 5) is 0. The summed E-state index contributed by atoms with van der Waals surface area (Å²) in [6, 6.07) is 19.1. The van der Waals surface area contributed by atoms with E-state index < -0.39 is 0 Å². The van der Waals surface area contributed by atoms with Gasteiger partial charge in [-0.2, -0.15) is 4.68 Å². The van der Waals surface area contributed by atoms with Gasteiger partial charge in [-0.3, -0.25) is 0 Å². The van der Waals surface area contributed by atoms with Gasteiger partial charge in [0, 0.05) is 34.5 Å². The largest absolute Gasteiger partial charge is 0.493 e. The second kappa shape index (κ2) is 12.6. The highest BCUT2D eigenvalue weighted by atomic mass is 79.9. The molecule has 35 heavy (non-hydrogen) atoms. The molecule has 4 aromatic rings. The van der Waals surface area contributed by atoms with Gasteiger partial charge in [0.15, 0.2) is 11.5 Å². The Morgan fingerprint density at radius 2 is 1.91 bits per heavy atom. The minimum absolute atomic E-state index is 0.294. The van der Waals surface area contributed by atoms with Crippen LogP contribution in [0, 0.1) is 0 Å². The average Bonchev–Trinajstić information content (AvgIpc) is 3.33. The van der Waals surface area contributed by atoms with Gasteiger partial charge < -0.3 is 14.8 Å². The monoisotopic (exact) mass is 593 g/mol. The van der Waals surface area contributed by atoms with Gasteiger partial charge in [-0.25, -0.2) is 0 Å². The molecule has 0 saturated carbocycles. The molecule has 1 heterocycles. The fraction of sp³-hybridized carbons (Fsp3) is 0.208. The number of halogens is 3. The molecule has 0 unspecified atom stereocenters. The van der Waals surface area contributed by atoms with Crippen LogP contribution in [0.2, 0.25) is 10.0 Å². The number of aromatic nitrogens is 4. The minimum atomic E-state index is 0.294. The molecule has 0 aliphatic carbocycles. The number of hydrogen-bond acceptors (Lipinski definition) is 7. The first kappa shape index (κ1) is 25.8. The summed E-state index contributed by atoms with van der Waals surface area (Å²) < 4.78 is 14.1. The van der Waals surface area contributed by atoms with Gasteiger partial charge in [0.1, 0.15) is 6.61 Å². The van der Waals surface area contributed by atoms with Crippen LogP contribution in [0.4, 0.5) is 0 Å². The molecule has 0 aliphatic rings. The Labute approximate surface area is 226 Å². The molecule has 0 radical (unpaired) electrons. The molecule has 4 rings (SSSR count). The highest BCUT2D eigenvalue weighted by Crippen LogP contribution is 2.37. The van der Waals surface area contributed by atoms with Crippen molar-refractivity contribution in [3.63, 3.8) is 0 Å². The van der Waals surface area contributed by atoms with E-state index in [4.69, 9.17) is 32.7 Å². The van der Waals surface area contributed by atoms with E-state index in [9.17, 15) is 0 Å². The number of nitrogens with zero attached hydrogens (tertiary/aromatic N) is 4. The molecule has 7 nitrogen and oxygen atoms in total. The SMILES string of the molecule is COc1cc(CNCCSc2nnnn2-c2ccccc2)cc(Br)c1OCc1ccc(Cl)cc1Cl. The first-order valence-electron chi connectivity index (χ1n) is 10.7. The predicted octanol–water partition coefficient (Wildman–Crippen LogP) is 6.20. The van der Waals surface area contributed by atoms with Crippen LogP contribution in [-0.4, -0.2) is 39.6 Å². The summed E-state index contributed by atoms with van der Waals surface area (Å²) >= 11 is 17.4. The van der Waals surface area contributed by atoms with Crippen molar-refractivity contribution in [2.75, 3.05) is 19.4 Å². The van der Waals surface area contributed by atoms with Crippen molar-refractivity contribution in [3.05, 3.63) is 86.3 Å². The lowest BCUT2D eigenvalue weighted by Crippen LogP contribution is -2.17. The topological polar surface area (TPSA) is 74.1 Å². The number of para-hydroxylation sites is 1. The lowest BCUT2D eigenvalue weighted by molar-refractivity contribution is 0.282. The fourth-order valence-electron chi connectivity index (χ4n) is 3.25. The third-order valence-corrected chi connectivity index (χ3v) is 7.05. The molecule has 3 aromatic carbocycles. The summed E-state index contributed by atoms with van der Waals surface area (Å²) in [6.45, 7) is 1.74. The first-order valence-corrected chi connectivity index (χ1v) is 13.2. The maximum Gasteiger partial charge on any atom is 0.214 e. The van der Waals surface area contributed by atoms with Gasteiger partial charge in [-0.05, 0) is 68.3 Å². The maximum absolute atomic E-state index is 6.26. The lowest BCUT2D eigenvalue weighted by Gasteiger charge is -2.15. The van der Waals surface area contributed by atoms with E-state index in [1.54, 1.807) is 35.7 Å². The number of hydrogen-bond donors (Lipinski definition) is 1. The van der Waals surface area contributed by atoms with E-state index in [2.05, 4.69) is 36.8 Å². The third kappa shape index (κ3) is 6.89. The zero-order chi connectivity index (χ0) is 24.6. The molecule has 0 atom stereocenters. The molecular formula is C24H22BrCl2N5O2S. The van der Waals surface area contributed by atoms with E-state index in [1.807, 2.05) is 48.5 Å². The molecule has 11 heteroatoms. The third-order valence-electron chi connectivity index (χ3n) is 4.96. The zero-order valence-electron chi connectivity index (χ0n) is 18.7. The van der Waals surface area contributed by atoms with E-state index in [0.717, 1.165) is 38.7 Å². The van der Waals surface area contributed by atoms with E-state index in [1.165, 1.54) is 0 Å². The predicted molar refractivity (Wildman–Crippen MR) is 143 cm³/mol. The molecule has 1 aromatic heterocycles. The number of nitrogens with one attached hydrogen (secondary N) is 1. The first-order chi connectivity index (χ1) is 17.0. The van der Waals surface area contributed by atoms with Gasteiger partial charge in [-0.1, -0.05) is 59.2 Å². The molecule has 0 bridgehead atoms. The molecule has 0 spiro atoms. The van der Waals surface area contributed by atoms with Crippen LogP contribution in [0.15, 0.2) is 70.3 Å². The van der Waals surface area contributed by atoms with Gasteiger partial charge in [0.2, 0.25) is 5.16 Å². The van der Waals surface area contributed by atoms with Gasteiger partial charge in [0.25, 0.3) is 0 Å². The molecule has 0 amide bonds. The van der Waals surface area contributed by atoms with Crippen molar-refractivity contribution in [3.8, 4) is 17.2 Å². The molecule has 182 valence electrons. The summed E-state index contributed by atoms with van der Waals surface area (Å²) in [5, 5.41) is 17.4. The molecule has 0 fully saturated rings. The smallest absolute Gasteiger partial charge is 0.214 e. The van der Waals surface area contributed by atoms with Crippen molar-refractivity contribution in [1.82, 2.24) is 25.5 Å². The number of rotatable bonds is 11. The quantitative estimate of drug-likeness (QED) is 0.164. The van der Waals surface area contributed by atoms with E-state index in [0.29, 0.717) is 34.7 Å². The molecule has 0 saturated heterocycles. The number of ether oxygens (including phenoxy) is 2. The number of thioether (sulfide) groups is 1. The van der Waals surface area contributed by atoms with Crippen LogP contribution in [-0.2, 0) is 13.2 Å². The van der Waals surface area contributed by atoms with Crippen LogP contribution >= 0.6 is 50.9 Å². The Hall–Kier alpha value is -2.30. The maximum atomic E-state index is 6.26. The number of benzene rings is 3. The number of methoxy groups -OCH3 is 1. The summed E-state index contributed by atoms with van der Waals surface area (Å²) in [5.41, 5.74) is 2.84. The van der Waals surface area contributed by atoms with Gasteiger partial charge >= 0.3 is 0 Å². The lowest BCUT2D eigenvalue weighted by atomic mass is 10.2. The molecular weight excluding hydrogens is 573 g/mol. The van der Waals surface area contributed by atoms with E-state index >= 15 is 0 Å². The van der Waals surface area contributed by atoms with Crippen LogP contribution < -0.4 is 14.8 Å². The van der Waals surface area contributed by atoms with Crippen LogP contribution in [0.3, 0.4) is 0 Å². The minimum Gasteiger partial charge on any atom is -0.493 e. The second-order valence-corrected chi connectivity index (χ2v) is 10.1. The number of tetrazole rings is 1. The fourth-order valence-corrected chi connectivity index (χ4v) is 5.11. The van der Waals surface area contributed by atoms with Crippen molar-refractivity contribution < 1.29 is 9.47 Å². The Bertz CT molecular complexity index is 1280. The standard InChI is InChI=1S/C24H22BrCl2N5O2S/c1-33-22-12-16(11-20(25)23(22)34-15-17-7-8-18(26)13-21(17)27)14-28-9-10-35-24-29-30-31-32(24)19-5-3-2-4-6-19/h2-8,11-13,28H,9-10,14-15H2,1H3. The normalized spacial score (nSPS) is 11.0. The summed E-state index contributed by atoms with van der Waals surface area (Å²) in [6.07, 6.45) is 0. The van der Waals surface area contributed by atoms with Gasteiger partial charge in [-0.15, -0.1) is 5.10 Å². The van der Waals surface area contributed by atoms with Crippen molar-refractivity contribution in [1.29, 1.82) is 0 Å². The van der Waals surface area contributed by atoms with E-state index in [-0.39, 0.29) is 0 Å². The highest BCUT2D eigenvalue weighted by molar-refractivity contribution is 9.10. The summed E-state index contributed by atoms with van der Waals surface area (Å²) in [5.74, 6) is 2.07. The van der Waals surface area contributed by atoms with Gasteiger partial charge in [0.05, 0.1) is 17.3 Å². The summed E-state index contributed by atoms with van der Waals surface area (Å²) in [7, 11) is 1.62. The highest BCUT2D eigenvalue weighted by Gasteiger charge is 2.13. The van der Waals surface area contributed by atoms with Crippen molar-refractivity contribution in [2.45, 2.75) is 18.3 Å². The van der Waals surface area contributed by atoms with Crippen LogP contribution in [0.5, 0.6) is 11.5 Å². The van der Waals surface area contributed by atoms with Crippen molar-refractivity contribution in [2.24, 2.45) is 0 Å². The van der Waals surface area contributed by atoms with Crippen LogP contribution in [0.1, 0.15) is 11.1 Å². The Morgan fingerprint density at radius 3 is 2.69 bits per heavy atom. The zero-order valence-corrected chi connectivity index (χ0v) is 22.7. The Balaban J connectivity index is 1.30. The second-order valence-electron chi connectivity index (χ2n) is 7.37. The van der Waals surface area contributed by atoms with Crippen molar-refractivity contribution >= 4 is 50.9 Å². The van der Waals surface area contributed by atoms with Crippen LogP contribution in [0.25, 0.3) is 5.69 Å². The Kier molecular flexibility index (Phi) is 9.28. The average molecular weight is 595 g/mol. The molecule has 1 N–H and O–H groups in total. The Morgan fingerprint density at radius 1 is 1.09 bits per heavy atom.